The van der Waals surface area contributed by atoms with Crippen molar-refractivity contribution >= 4 is 27.3 Å². The van der Waals surface area contributed by atoms with Gasteiger partial charge in [-0.25, -0.2) is 4.39 Å². The van der Waals surface area contributed by atoms with Crippen LogP contribution in [0.5, 0.6) is 0 Å². The van der Waals surface area contributed by atoms with E-state index in [0.29, 0.717) is 11.3 Å². The first kappa shape index (κ1) is 12.6. The summed E-state index contributed by atoms with van der Waals surface area (Å²) in [5, 5.41) is 12.2. The molecule has 2 nitrogen and oxygen atoms in total. The Balaban J connectivity index is 2.40. The van der Waals surface area contributed by atoms with E-state index in [0.717, 1.165) is 15.7 Å². The highest BCUT2D eigenvalue weighted by Gasteiger charge is 2.05. The summed E-state index contributed by atoms with van der Waals surface area (Å²) in [4.78, 5) is 0. The van der Waals surface area contributed by atoms with Gasteiger partial charge in [-0.2, -0.15) is 5.26 Å². The molecule has 2 aromatic carbocycles. The minimum atomic E-state index is -0.271. The second-order valence-electron chi connectivity index (χ2n) is 3.89. The van der Waals surface area contributed by atoms with Crippen molar-refractivity contribution < 1.29 is 4.39 Å². The van der Waals surface area contributed by atoms with Gasteiger partial charge in [-0.15, -0.1) is 0 Å². The fourth-order valence-corrected chi connectivity index (χ4v) is 1.99. The zero-order valence-electron chi connectivity index (χ0n) is 9.67. The number of benzene rings is 2. The van der Waals surface area contributed by atoms with Gasteiger partial charge in [-0.1, -0.05) is 15.9 Å². The minimum absolute atomic E-state index is 0.271. The second kappa shape index (κ2) is 5.19. The van der Waals surface area contributed by atoms with Gasteiger partial charge in [0, 0.05) is 10.2 Å². The Kier molecular flexibility index (Phi) is 3.63. The summed E-state index contributed by atoms with van der Waals surface area (Å²) in [7, 11) is 0. The highest BCUT2D eigenvalue weighted by Crippen LogP contribution is 2.26. The number of nitriles is 1. The number of halogens is 2. The maximum atomic E-state index is 13.0. The third kappa shape index (κ3) is 2.69. The number of anilines is 2. The summed E-state index contributed by atoms with van der Waals surface area (Å²) in [5.74, 6) is -0.271. The van der Waals surface area contributed by atoms with E-state index < -0.39 is 0 Å². The Morgan fingerprint density at radius 1 is 1.17 bits per heavy atom. The van der Waals surface area contributed by atoms with Crippen LogP contribution in [0.1, 0.15) is 11.1 Å². The van der Waals surface area contributed by atoms with Gasteiger partial charge in [0.2, 0.25) is 0 Å². The van der Waals surface area contributed by atoms with Crippen LogP contribution in [0.15, 0.2) is 40.9 Å². The molecule has 0 radical (unpaired) electrons. The summed E-state index contributed by atoms with van der Waals surface area (Å²) in [5.41, 5.74) is 2.81. The zero-order chi connectivity index (χ0) is 13.1. The van der Waals surface area contributed by atoms with Crippen molar-refractivity contribution in [2.75, 3.05) is 5.32 Å². The van der Waals surface area contributed by atoms with Gasteiger partial charge in [0.1, 0.15) is 11.9 Å². The molecule has 0 aliphatic rings. The Hall–Kier alpha value is -1.86. The van der Waals surface area contributed by atoms with E-state index in [1.807, 2.05) is 13.0 Å². The van der Waals surface area contributed by atoms with Crippen LogP contribution >= 0.6 is 15.9 Å². The molecule has 1 N–H and O–H groups in total. The molecule has 0 fully saturated rings. The number of rotatable bonds is 2. The third-order valence-corrected chi connectivity index (χ3v) is 3.05. The van der Waals surface area contributed by atoms with Crippen molar-refractivity contribution in [2.24, 2.45) is 0 Å². The van der Waals surface area contributed by atoms with E-state index in [1.165, 1.54) is 12.1 Å². The lowest BCUT2D eigenvalue weighted by molar-refractivity contribution is 0.627. The number of nitrogens with zero attached hydrogens (tertiary/aromatic N) is 1. The first-order chi connectivity index (χ1) is 8.60. The Labute approximate surface area is 113 Å². The van der Waals surface area contributed by atoms with Gasteiger partial charge in [0.05, 0.1) is 11.3 Å². The van der Waals surface area contributed by atoms with Gasteiger partial charge < -0.3 is 5.32 Å². The molecule has 0 atom stereocenters. The normalized spacial score (nSPS) is 9.89. The smallest absolute Gasteiger partial charge is 0.123 e. The summed E-state index contributed by atoms with van der Waals surface area (Å²) >= 11 is 3.36. The van der Waals surface area contributed by atoms with Gasteiger partial charge in [-0.3, -0.25) is 0 Å². The molecular weight excluding hydrogens is 295 g/mol. The summed E-state index contributed by atoms with van der Waals surface area (Å²) < 4.78 is 13.9. The van der Waals surface area contributed by atoms with E-state index in [4.69, 9.17) is 5.26 Å². The first-order valence-corrected chi connectivity index (χ1v) is 6.12. The molecular formula is C14H10BrFN2. The van der Waals surface area contributed by atoms with Gasteiger partial charge >= 0.3 is 0 Å². The lowest BCUT2D eigenvalue weighted by Crippen LogP contribution is -1.96. The average Bonchev–Trinajstić information content (AvgIpc) is 2.33. The molecule has 0 saturated carbocycles. The number of hydrogen-bond donors (Lipinski definition) is 1. The molecule has 0 spiro atoms. The van der Waals surface area contributed by atoms with Crippen molar-refractivity contribution in [1.82, 2.24) is 0 Å². The Morgan fingerprint density at radius 2 is 1.94 bits per heavy atom. The standard InChI is InChI=1S/C14H10BrFN2/c1-9-6-12(16)4-5-13(9)18-14-7-11(15)3-2-10(14)8-17/h2-7,18H,1H3. The predicted molar refractivity (Wildman–Crippen MR) is 73.3 cm³/mol. The number of nitrogens with one attached hydrogen (secondary N) is 1. The highest BCUT2D eigenvalue weighted by molar-refractivity contribution is 9.10. The van der Waals surface area contributed by atoms with Crippen LogP contribution in [0, 0.1) is 24.1 Å². The molecule has 18 heavy (non-hydrogen) atoms. The average molecular weight is 305 g/mol. The fourth-order valence-electron chi connectivity index (χ4n) is 1.63. The van der Waals surface area contributed by atoms with E-state index >= 15 is 0 Å². The maximum Gasteiger partial charge on any atom is 0.123 e. The first-order valence-electron chi connectivity index (χ1n) is 5.33. The molecule has 0 unspecified atom stereocenters. The molecule has 4 heteroatoms. The van der Waals surface area contributed by atoms with Crippen molar-refractivity contribution in [2.45, 2.75) is 6.92 Å². The topological polar surface area (TPSA) is 35.8 Å². The SMILES string of the molecule is Cc1cc(F)ccc1Nc1cc(Br)ccc1C#N. The third-order valence-electron chi connectivity index (χ3n) is 2.56. The highest BCUT2D eigenvalue weighted by atomic mass is 79.9. The molecule has 2 rings (SSSR count). The van der Waals surface area contributed by atoms with E-state index in [1.54, 1.807) is 18.2 Å². The molecule has 2 aromatic rings. The van der Waals surface area contributed by atoms with E-state index in [-0.39, 0.29) is 5.82 Å². The molecule has 0 aliphatic heterocycles. The molecule has 0 heterocycles. The Morgan fingerprint density at radius 3 is 2.61 bits per heavy atom. The lowest BCUT2D eigenvalue weighted by atomic mass is 10.1. The van der Waals surface area contributed by atoms with Gasteiger partial charge in [-0.05, 0) is 48.9 Å². The van der Waals surface area contributed by atoms with Crippen molar-refractivity contribution in [3.63, 3.8) is 0 Å². The lowest BCUT2D eigenvalue weighted by Gasteiger charge is -2.11. The van der Waals surface area contributed by atoms with Crippen molar-refractivity contribution in [3.05, 3.63) is 57.8 Å². The van der Waals surface area contributed by atoms with Gasteiger partial charge in [0.25, 0.3) is 0 Å². The number of aryl methyl sites for hydroxylation is 1. The van der Waals surface area contributed by atoms with Crippen LogP contribution in [0.2, 0.25) is 0 Å². The summed E-state index contributed by atoms with van der Waals surface area (Å²) in [6.45, 7) is 1.81. The predicted octanol–water partition coefficient (Wildman–Crippen LogP) is 4.51. The minimum Gasteiger partial charge on any atom is -0.354 e. The van der Waals surface area contributed by atoms with Crippen LogP contribution in [0.25, 0.3) is 0 Å². The largest absolute Gasteiger partial charge is 0.354 e. The molecule has 0 saturated heterocycles. The van der Waals surface area contributed by atoms with Crippen LogP contribution < -0.4 is 5.32 Å². The zero-order valence-corrected chi connectivity index (χ0v) is 11.3. The maximum absolute atomic E-state index is 13.0. The van der Waals surface area contributed by atoms with Crippen molar-refractivity contribution in [1.29, 1.82) is 5.26 Å². The van der Waals surface area contributed by atoms with Gasteiger partial charge in [0.15, 0.2) is 0 Å². The Bertz CT molecular complexity index is 632. The number of hydrogen-bond acceptors (Lipinski definition) is 2. The van der Waals surface area contributed by atoms with Crippen LogP contribution in [-0.2, 0) is 0 Å². The molecule has 0 aliphatic carbocycles. The van der Waals surface area contributed by atoms with Crippen molar-refractivity contribution in [3.8, 4) is 6.07 Å². The quantitative estimate of drug-likeness (QED) is 0.886. The summed E-state index contributed by atoms with van der Waals surface area (Å²) in [6.07, 6.45) is 0. The molecule has 0 bridgehead atoms. The van der Waals surface area contributed by atoms with Crippen LogP contribution in [-0.4, -0.2) is 0 Å². The van der Waals surface area contributed by atoms with Crippen LogP contribution in [0.3, 0.4) is 0 Å². The van der Waals surface area contributed by atoms with E-state index in [9.17, 15) is 4.39 Å². The van der Waals surface area contributed by atoms with Crippen LogP contribution in [0.4, 0.5) is 15.8 Å². The summed E-state index contributed by atoms with van der Waals surface area (Å²) in [6, 6.07) is 12.0. The molecule has 0 amide bonds. The fraction of sp³-hybridized carbons (Fsp3) is 0.0714. The van der Waals surface area contributed by atoms with E-state index in [2.05, 4.69) is 27.3 Å². The second-order valence-corrected chi connectivity index (χ2v) is 4.80. The molecule has 0 aromatic heterocycles. The molecule has 90 valence electrons. The monoisotopic (exact) mass is 304 g/mol.